The molecule has 6 heteroatoms. The fourth-order valence-corrected chi connectivity index (χ4v) is 3.01. The molecule has 0 radical (unpaired) electrons. The normalized spacial score (nSPS) is 10.5. The van der Waals surface area contributed by atoms with E-state index < -0.39 is 0 Å². The molecule has 0 bridgehead atoms. The molecule has 0 fully saturated rings. The molecule has 0 aliphatic rings. The SMILES string of the molecule is N#Cc1nccc(CCCCCc2ncc[nH]2)c1OCc1ccc(Cl)cc1. The highest BCUT2D eigenvalue weighted by atomic mass is 35.5. The van der Waals surface area contributed by atoms with Gasteiger partial charge in [0.05, 0.1) is 0 Å². The highest BCUT2D eigenvalue weighted by Crippen LogP contribution is 2.25. The number of imidazole rings is 1. The second-order valence-electron chi connectivity index (χ2n) is 6.27. The van der Waals surface area contributed by atoms with Crippen molar-refractivity contribution in [2.75, 3.05) is 0 Å². The predicted octanol–water partition coefficient (Wildman–Crippen LogP) is 4.86. The third-order valence-electron chi connectivity index (χ3n) is 4.30. The molecule has 0 saturated heterocycles. The van der Waals surface area contributed by atoms with Gasteiger partial charge in [-0.1, -0.05) is 30.2 Å². The number of aryl methyl sites for hydroxylation is 2. The molecular formula is C21H21ClN4O. The molecule has 1 aromatic carbocycles. The zero-order chi connectivity index (χ0) is 18.9. The summed E-state index contributed by atoms with van der Waals surface area (Å²) in [6, 6.07) is 11.6. The van der Waals surface area contributed by atoms with E-state index in [1.165, 1.54) is 0 Å². The Bertz CT molecular complexity index is 886. The van der Waals surface area contributed by atoms with Gasteiger partial charge >= 0.3 is 0 Å². The maximum absolute atomic E-state index is 9.37. The first-order valence-electron chi connectivity index (χ1n) is 9.00. The number of benzene rings is 1. The Balaban J connectivity index is 1.57. The minimum Gasteiger partial charge on any atom is -0.486 e. The first-order valence-corrected chi connectivity index (χ1v) is 9.37. The van der Waals surface area contributed by atoms with Crippen molar-refractivity contribution in [1.29, 1.82) is 5.26 Å². The number of hydrogen-bond acceptors (Lipinski definition) is 4. The van der Waals surface area contributed by atoms with Crippen LogP contribution in [0, 0.1) is 11.3 Å². The number of unbranched alkanes of at least 4 members (excludes halogenated alkanes) is 2. The topological polar surface area (TPSA) is 74.6 Å². The smallest absolute Gasteiger partial charge is 0.182 e. The molecule has 27 heavy (non-hydrogen) atoms. The van der Waals surface area contributed by atoms with Crippen LogP contribution in [0.5, 0.6) is 5.75 Å². The molecule has 3 rings (SSSR count). The van der Waals surface area contributed by atoms with Gasteiger partial charge < -0.3 is 9.72 Å². The van der Waals surface area contributed by atoms with Crippen molar-refractivity contribution >= 4 is 11.6 Å². The summed E-state index contributed by atoms with van der Waals surface area (Å²) in [7, 11) is 0. The summed E-state index contributed by atoms with van der Waals surface area (Å²) < 4.78 is 5.96. The lowest BCUT2D eigenvalue weighted by Crippen LogP contribution is -2.03. The summed E-state index contributed by atoms with van der Waals surface area (Å²) in [6.45, 7) is 0.378. The van der Waals surface area contributed by atoms with Gasteiger partial charge in [-0.2, -0.15) is 5.26 Å². The van der Waals surface area contributed by atoms with Crippen LogP contribution in [-0.4, -0.2) is 15.0 Å². The lowest BCUT2D eigenvalue weighted by atomic mass is 10.0. The standard InChI is InChI=1S/C21H21ClN4O/c22-18-8-6-16(7-9-18)15-27-21-17(10-11-24-19(21)14-23)4-2-1-3-5-20-25-12-13-26-20/h6-13H,1-5,15H2,(H,25,26). The molecule has 5 nitrogen and oxygen atoms in total. The maximum Gasteiger partial charge on any atom is 0.182 e. The quantitative estimate of drug-likeness (QED) is 0.537. The summed E-state index contributed by atoms with van der Waals surface area (Å²) in [4.78, 5) is 11.5. The van der Waals surface area contributed by atoms with Crippen molar-refractivity contribution in [3.05, 3.63) is 76.6 Å². The Morgan fingerprint density at radius 2 is 1.81 bits per heavy atom. The first-order chi connectivity index (χ1) is 13.3. The number of halogens is 1. The number of nitriles is 1. The average Bonchev–Trinajstić information content (AvgIpc) is 3.21. The van der Waals surface area contributed by atoms with Crippen LogP contribution in [0.25, 0.3) is 0 Å². The van der Waals surface area contributed by atoms with E-state index in [1.54, 1.807) is 12.4 Å². The third kappa shape index (κ3) is 5.57. The maximum atomic E-state index is 9.37. The van der Waals surface area contributed by atoms with Crippen LogP contribution in [0.15, 0.2) is 48.9 Å². The molecule has 0 aliphatic heterocycles. The van der Waals surface area contributed by atoms with Crippen molar-refractivity contribution in [1.82, 2.24) is 15.0 Å². The van der Waals surface area contributed by atoms with Gasteiger partial charge in [0, 0.05) is 30.0 Å². The Morgan fingerprint density at radius 1 is 1.00 bits per heavy atom. The third-order valence-corrected chi connectivity index (χ3v) is 4.55. The number of pyridine rings is 1. The highest BCUT2D eigenvalue weighted by molar-refractivity contribution is 6.30. The van der Waals surface area contributed by atoms with Crippen LogP contribution in [0.3, 0.4) is 0 Å². The fourth-order valence-electron chi connectivity index (χ4n) is 2.88. The number of ether oxygens (including phenoxy) is 1. The molecule has 0 atom stereocenters. The van der Waals surface area contributed by atoms with Gasteiger partial charge in [-0.3, -0.25) is 0 Å². The molecular weight excluding hydrogens is 360 g/mol. The lowest BCUT2D eigenvalue weighted by Gasteiger charge is -2.12. The van der Waals surface area contributed by atoms with E-state index in [4.69, 9.17) is 16.3 Å². The zero-order valence-electron chi connectivity index (χ0n) is 15.0. The summed E-state index contributed by atoms with van der Waals surface area (Å²) in [5.74, 6) is 1.61. The molecule has 2 aromatic heterocycles. The molecule has 3 aromatic rings. The summed E-state index contributed by atoms with van der Waals surface area (Å²) in [5.41, 5.74) is 2.35. The van der Waals surface area contributed by atoms with Crippen LogP contribution in [0.1, 0.15) is 41.9 Å². The minimum absolute atomic E-state index is 0.331. The van der Waals surface area contributed by atoms with E-state index in [0.717, 1.165) is 49.1 Å². The van der Waals surface area contributed by atoms with Crippen molar-refractivity contribution in [3.63, 3.8) is 0 Å². The van der Waals surface area contributed by atoms with Crippen molar-refractivity contribution in [3.8, 4) is 11.8 Å². The monoisotopic (exact) mass is 380 g/mol. The summed E-state index contributed by atoms with van der Waals surface area (Å²) >= 11 is 5.92. The second kappa shape index (κ2) is 9.75. The van der Waals surface area contributed by atoms with E-state index in [1.807, 2.05) is 36.5 Å². The minimum atomic E-state index is 0.331. The summed E-state index contributed by atoms with van der Waals surface area (Å²) in [5, 5.41) is 10.1. The molecule has 0 spiro atoms. The number of aromatic nitrogens is 3. The molecule has 1 N–H and O–H groups in total. The van der Waals surface area contributed by atoms with E-state index in [-0.39, 0.29) is 0 Å². The van der Waals surface area contributed by atoms with Crippen LogP contribution >= 0.6 is 11.6 Å². The van der Waals surface area contributed by atoms with Gasteiger partial charge in [0.2, 0.25) is 0 Å². The van der Waals surface area contributed by atoms with Crippen LogP contribution in [-0.2, 0) is 19.4 Å². The highest BCUT2D eigenvalue weighted by Gasteiger charge is 2.11. The molecule has 138 valence electrons. The first kappa shape index (κ1) is 18.9. The van der Waals surface area contributed by atoms with Gasteiger partial charge in [0.1, 0.15) is 18.5 Å². The van der Waals surface area contributed by atoms with Crippen LogP contribution in [0.2, 0.25) is 5.02 Å². The Labute approximate surface area is 164 Å². The Hall–Kier alpha value is -2.84. The van der Waals surface area contributed by atoms with E-state index in [9.17, 15) is 5.26 Å². The van der Waals surface area contributed by atoms with E-state index >= 15 is 0 Å². The Morgan fingerprint density at radius 3 is 2.56 bits per heavy atom. The molecule has 0 amide bonds. The molecule has 0 unspecified atom stereocenters. The lowest BCUT2D eigenvalue weighted by molar-refractivity contribution is 0.300. The predicted molar refractivity (Wildman–Crippen MR) is 105 cm³/mol. The number of hydrogen-bond donors (Lipinski definition) is 1. The van der Waals surface area contributed by atoms with Gasteiger partial charge in [0.25, 0.3) is 0 Å². The van der Waals surface area contributed by atoms with E-state index in [2.05, 4.69) is 21.0 Å². The molecule has 0 saturated carbocycles. The zero-order valence-corrected chi connectivity index (χ0v) is 15.7. The second-order valence-corrected chi connectivity index (χ2v) is 6.71. The molecule has 0 aliphatic carbocycles. The van der Waals surface area contributed by atoms with E-state index in [0.29, 0.717) is 23.1 Å². The number of nitrogens with zero attached hydrogens (tertiary/aromatic N) is 3. The van der Waals surface area contributed by atoms with Crippen molar-refractivity contribution in [2.24, 2.45) is 0 Å². The van der Waals surface area contributed by atoms with Gasteiger partial charge in [0.15, 0.2) is 11.4 Å². The van der Waals surface area contributed by atoms with Gasteiger partial charge in [-0.15, -0.1) is 0 Å². The average molecular weight is 381 g/mol. The van der Waals surface area contributed by atoms with Gasteiger partial charge in [-0.05, 0) is 48.6 Å². The fraction of sp³-hybridized carbons (Fsp3) is 0.286. The van der Waals surface area contributed by atoms with Crippen LogP contribution in [0.4, 0.5) is 0 Å². The molecule has 2 heterocycles. The number of aromatic amines is 1. The number of H-pyrrole nitrogens is 1. The number of rotatable bonds is 9. The van der Waals surface area contributed by atoms with Crippen LogP contribution < -0.4 is 4.74 Å². The number of nitrogens with one attached hydrogen (secondary N) is 1. The Kier molecular flexibility index (Phi) is 6.84. The van der Waals surface area contributed by atoms with Gasteiger partial charge in [-0.25, -0.2) is 9.97 Å². The van der Waals surface area contributed by atoms with Crippen molar-refractivity contribution < 1.29 is 4.74 Å². The van der Waals surface area contributed by atoms with Crippen molar-refractivity contribution in [2.45, 2.75) is 38.7 Å². The largest absolute Gasteiger partial charge is 0.486 e. The summed E-state index contributed by atoms with van der Waals surface area (Å²) in [6.07, 6.45) is 10.3.